The van der Waals surface area contributed by atoms with Crippen molar-refractivity contribution in [3.05, 3.63) is 29.9 Å². The van der Waals surface area contributed by atoms with Gasteiger partial charge in [0.2, 0.25) is 0 Å². The van der Waals surface area contributed by atoms with Crippen molar-refractivity contribution in [3.63, 3.8) is 0 Å². The summed E-state index contributed by atoms with van der Waals surface area (Å²) in [5.74, 6) is 0.995. The van der Waals surface area contributed by atoms with E-state index in [1.165, 1.54) is 0 Å². The van der Waals surface area contributed by atoms with Gasteiger partial charge in [-0.15, -0.1) is 0 Å². The fraction of sp³-hybridized carbons (Fsp3) is 0.500. The average Bonchev–Trinajstić information content (AvgIpc) is 2.59. The minimum atomic E-state index is -0.261. The summed E-state index contributed by atoms with van der Waals surface area (Å²) in [7, 11) is 2.00. The SMILES string of the molecule is Cc1cn(C)c(C2(N)CC=CC2)n1. The smallest absolute Gasteiger partial charge is 0.129 e. The number of aryl methyl sites for hydroxylation is 2. The maximum Gasteiger partial charge on any atom is 0.129 e. The topological polar surface area (TPSA) is 43.8 Å². The van der Waals surface area contributed by atoms with E-state index in [4.69, 9.17) is 5.73 Å². The van der Waals surface area contributed by atoms with Crippen LogP contribution in [0.2, 0.25) is 0 Å². The first-order valence-corrected chi connectivity index (χ1v) is 4.56. The Morgan fingerprint density at radius 3 is 2.54 bits per heavy atom. The molecule has 1 aromatic heterocycles. The predicted molar refractivity (Wildman–Crippen MR) is 52.2 cm³/mol. The minimum absolute atomic E-state index is 0.261. The zero-order valence-electron chi connectivity index (χ0n) is 8.12. The zero-order chi connectivity index (χ0) is 9.47. The van der Waals surface area contributed by atoms with E-state index in [0.717, 1.165) is 24.4 Å². The Morgan fingerprint density at radius 1 is 1.46 bits per heavy atom. The lowest BCUT2D eigenvalue weighted by molar-refractivity contribution is 0.433. The highest BCUT2D eigenvalue weighted by molar-refractivity contribution is 5.19. The van der Waals surface area contributed by atoms with Crippen LogP contribution in [0.1, 0.15) is 24.4 Å². The van der Waals surface area contributed by atoms with Crippen LogP contribution >= 0.6 is 0 Å². The number of hydrogen-bond donors (Lipinski definition) is 1. The van der Waals surface area contributed by atoms with Gasteiger partial charge < -0.3 is 10.3 Å². The molecule has 0 bridgehead atoms. The molecule has 0 aliphatic heterocycles. The van der Waals surface area contributed by atoms with Crippen LogP contribution in [0.25, 0.3) is 0 Å². The largest absolute Gasteiger partial charge is 0.336 e. The van der Waals surface area contributed by atoms with Crippen LogP contribution in [0, 0.1) is 6.92 Å². The maximum atomic E-state index is 6.25. The van der Waals surface area contributed by atoms with Gasteiger partial charge in [0.1, 0.15) is 5.82 Å². The summed E-state index contributed by atoms with van der Waals surface area (Å²) in [6.07, 6.45) is 8.07. The Balaban J connectivity index is 2.39. The van der Waals surface area contributed by atoms with Gasteiger partial charge in [-0.25, -0.2) is 4.98 Å². The lowest BCUT2D eigenvalue weighted by Gasteiger charge is -2.22. The third kappa shape index (κ3) is 1.29. The number of nitrogens with two attached hydrogens (primary N) is 1. The van der Waals surface area contributed by atoms with E-state index in [-0.39, 0.29) is 5.54 Å². The molecule has 2 N–H and O–H groups in total. The van der Waals surface area contributed by atoms with E-state index in [0.29, 0.717) is 0 Å². The molecule has 0 atom stereocenters. The molecular formula is C10H15N3. The Kier molecular flexibility index (Phi) is 1.77. The van der Waals surface area contributed by atoms with Gasteiger partial charge in [0.15, 0.2) is 0 Å². The van der Waals surface area contributed by atoms with E-state index >= 15 is 0 Å². The van der Waals surface area contributed by atoms with Crippen molar-refractivity contribution in [3.8, 4) is 0 Å². The van der Waals surface area contributed by atoms with Gasteiger partial charge in [-0.3, -0.25) is 0 Å². The number of nitrogens with zero attached hydrogens (tertiary/aromatic N) is 2. The van der Waals surface area contributed by atoms with Crippen molar-refractivity contribution in [1.82, 2.24) is 9.55 Å². The molecule has 2 rings (SSSR count). The third-order valence-electron chi connectivity index (χ3n) is 2.57. The Bertz CT molecular complexity index is 341. The summed E-state index contributed by atoms with van der Waals surface area (Å²) in [6.45, 7) is 2.00. The lowest BCUT2D eigenvalue weighted by Crippen LogP contribution is -2.36. The van der Waals surface area contributed by atoms with Crippen molar-refractivity contribution in [2.45, 2.75) is 25.3 Å². The minimum Gasteiger partial charge on any atom is -0.336 e. The van der Waals surface area contributed by atoms with Crippen LogP contribution < -0.4 is 5.73 Å². The molecule has 0 aromatic carbocycles. The second-order valence-corrected chi connectivity index (χ2v) is 3.85. The number of imidazole rings is 1. The molecule has 13 heavy (non-hydrogen) atoms. The van der Waals surface area contributed by atoms with E-state index in [1.54, 1.807) is 0 Å². The van der Waals surface area contributed by atoms with Gasteiger partial charge in [-0.05, 0) is 19.8 Å². The van der Waals surface area contributed by atoms with Gasteiger partial charge in [0.05, 0.1) is 11.2 Å². The summed E-state index contributed by atoms with van der Waals surface area (Å²) in [6, 6.07) is 0. The van der Waals surface area contributed by atoms with Gasteiger partial charge in [0.25, 0.3) is 0 Å². The number of rotatable bonds is 1. The molecule has 0 amide bonds. The van der Waals surface area contributed by atoms with Crippen LogP contribution in [0.15, 0.2) is 18.3 Å². The summed E-state index contributed by atoms with van der Waals surface area (Å²) < 4.78 is 2.03. The Morgan fingerprint density at radius 2 is 2.08 bits per heavy atom. The van der Waals surface area contributed by atoms with E-state index in [1.807, 2.05) is 24.7 Å². The molecule has 0 radical (unpaired) electrons. The predicted octanol–water partition coefficient (Wildman–Crippen LogP) is 1.23. The van der Waals surface area contributed by atoms with Crippen molar-refractivity contribution in [2.75, 3.05) is 0 Å². The highest BCUT2D eigenvalue weighted by atomic mass is 15.1. The van der Waals surface area contributed by atoms with Gasteiger partial charge in [-0.1, -0.05) is 12.2 Å². The highest BCUT2D eigenvalue weighted by Crippen LogP contribution is 2.30. The normalized spacial score (nSPS) is 19.6. The molecule has 1 aliphatic rings. The fourth-order valence-corrected chi connectivity index (χ4v) is 1.93. The van der Waals surface area contributed by atoms with Gasteiger partial charge in [0, 0.05) is 13.2 Å². The molecule has 70 valence electrons. The first kappa shape index (κ1) is 8.51. The summed E-state index contributed by atoms with van der Waals surface area (Å²) in [4.78, 5) is 4.46. The second-order valence-electron chi connectivity index (χ2n) is 3.85. The molecule has 0 unspecified atom stereocenters. The summed E-state index contributed by atoms with van der Waals surface area (Å²) in [5, 5.41) is 0. The maximum absolute atomic E-state index is 6.25. The van der Waals surface area contributed by atoms with Crippen LogP contribution in [0.5, 0.6) is 0 Å². The number of aromatic nitrogens is 2. The molecule has 0 spiro atoms. The molecule has 1 aliphatic carbocycles. The van der Waals surface area contributed by atoms with Crippen LogP contribution in [0.4, 0.5) is 0 Å². The van der Waals surface area contributed by atoms with Crippen molar-refractivity contribution in [2.24, 2.45) is 12.8 Å². The fourth-order valence-electron chi connectivity index (χ4n) is 1.93. The highest BCUT2D eigenvalue weighted by Gasteiger charge is 2.32. The molecule has 0 fully saturated rings. The third-order valence-corrected chi connectivity index (χ3v) is 2.57. The molecule has 1 heterocycles. The van der Waals surface area contributed by atoms with Crippen LogP contribution in [-0.2, 0) is 12.6 Å². The van der Waals surface area contributed by atoms with E-state index < -0.39 is 0 Å². The van der Waals surface area contributed by atoms with E-state index in [9.17, 15) is 0 Å². The lowest BCUT2D eigenvalue weighted by atomic mass is 9.97. The molecule has 0 saturated carbocycles. The second kappa shape index (κ2) is 2.70. The molecule has 3 heteroatoms. The summed E-state index contributed by atoms with van der Waals surface area (Å²) in [5.41, 5.74) is 7.02. The Hall–Kier alpha value is -1.09. The standard InChI is InChI=1S/C10H15N3/c1-8-7-13(2)9(12-8)10(11)5-3-4-6-10/h3-4,7H,5-6,11H2,1-2H3. The average molecular weight is 177 g/mol. The van der Waals surface area contributed by atoms with Gasteiger partial charge >= 0.3 is 0 Å². The first-order chi connectivity index (χ1) is 6.12. The van der Waals surface area contributed by atoms with E-state index in [2.05, 4.69) is 17.1 Å². The molecule has 3 nitrogen and oxygen atoms in total. The van der Waals surface area contributed by atoms with Crippen LogP contribution in [0.3, 0.4) is 0 Å². The Labute approximate surface area is 78.3 Å². The van der Waals surface area contributed by atoms with Gasteiger partial charge in [-0.2, -0.15) is 0 Å². The van der Waals surface area contributed by atoms with Crippen LogP contribution in [-0.4, -0.2) is 9.55 Å². The van der Waals surface area contributed by atoms with Crippen molar-refractivity contribution in [1.29, 1.82) is 0 Å². The van der Waals surface area contributed by atoms with Crippen molar-refractivity contribution < 1.29 is 0 Å². The first-order valence-electron chi connectivity index (χ1n) is 4.56. The monoisotopic (exact) mass is 177 g/mol. The molecule has 1 aromatic rings. The quantitative estimate of drug-likeness (QED) is 0.656. The number of hydrogen-bond acceptors (Lipinski definition) is 2. The zero-order valence-corrected chi connectivity index (χ0v) is 8.12. The molecular weight excluding hydrogens is 162 g/mol. The molecule has 0 saturated heterocycles. The summed E-state index contributed by atoms with van der Waals surface area (Å²) >= 11 is 0. The van der Waals surface area contributed by atoms with Crippen molar-refractivity contribution >= 4 is 0 Å².